The van der Waals surface area contributed by atoms with Crippen LogP contribution in [0, 0.1) is 0 Å². The van der Waals surface area contributed by atoms with Gasteiger partial charge in [0, 0.05) is 31.9 Å². The molecule has 0 unspecified atom stereocenters. The van der Waals surface area contributed by atoms with Gasteiger partial charge in [-0.05, 0) is 11.6 Å². The van der Waals surface area contributed by atoms with Crippen molar-refractivity contribution in [3.05, 3.63) is 29.8 Å². The predicted molar refractivity (Wildman–Crippen MR) is 81.5 cm³/mol. The van der Waals surface area contributed by atoms with E-state index in [2.05, 4.69) is 0 Å². The van der Waals surface area contributed by atoms with E-state index in [-0.39, 0.29) is 31.9 Å². The van der Waals surface area contributed by atoms with E-state index in [0.29, 0.717) is 11.3 Å². The van der Waals surface area contributed by atoms with E-state index in [1.165, 1.54) is 8.61 Å². The SMILES string of the molecule is CS(=O)(=O)N1CCN(S(=O)(=O)Cc2ccccc2N)CC1. The number of nitrogen functional groups attached to an aromatic ring is 1. The Bertz CT molecular complexity index is 708. The molecular weight excluding hydrogens is 314 g/mol. The molecule has 0 spiro atoms. The zero-order valence-corrected chi connectivity index (χ0v) is 13.4. The normalized spacial score (nSPS) is 18.7. The minimum absolute atomic E-state index is 0.168. The van der Waals surface area contributed by atoms with Crippen LogP contribution in [0.2, 0.25) is 0 Å². The third-order valence-electron chi connectivity index (χ3n) is 3.45. The Kier molecular flexibility index (Phi) is 4.57. The molecule has 0 radical (unpaired) electrons. The molecule has 7 nitrogen and oxygen atoms in total. The monoisotopic (exact) mass is 333 g/mol. The molecule has 0 bridgehead atoms. The number of piperazine rings is 1. The van der Waals surface area contributed by atoms with Crippen molar-refractivity contribution >= 4 is 25.7 Å². The third-order valence-corrected chi connectivity index (χ3v) is 6.58. The van der Waals surface area contributed by atoms with Gasteiger partial charge in [-0.15, -0.1) is 0 Å². The van der Waals surface area contributed by atoms with E-state index in [4.69, 9.17) is 5.73 Å². The number of para-hydroxylation sites is 1. The first-order valence-electron chi connectivity index (χ1n) is 6.46. The van der Waals surface area contributed by atoms with Crippen LogP contribution in [-0.2, 0) is 25.8 Å². The van der Waals surface area contributed by atoms with Crippen LogP contribution in [0.25, 0.3) is 0 Å². The molecule has 1 aromatic rings. The Hall–Kier alpha value is -1.16. The van der Waals surface area contributed by atoms with Crippen molar-refractivity contribution in [2.75, 3.05) is 38.2 Å². The lowest BCUT2D eigenvalue weighted by Gasteiger charge is -2.32. The standard InChI is InChI=1S/C12H19N3O4S2/c1-20(16,17)14-6-8-15(9-7-14)21(18,19)10-11-4-2-3-5-12(11)13/h2-5H,6-10,13H2,1H3. The highest BCUT2D eigenvalue weighted by Gasteiger charge is 2.30. The average Bonchev–Trinajstić information content (AvgIpc) is 2.40. The number of anilines is 1. The zero-order chi connectivity index (χ0) is 15.7. The van der Waals surface area contributed by atoms with E-state index < -0.39 is 20.0 Å². The first-order chi connectivity index (χ1) is 9.70. The van der Waals surface area contributed by atoms with Crippen LogP contribution in [0.15, 0.2) is 24.3 Å². The topological polar surface area (TPSA) is 101 Å². The van der Waals surface area contributed by atoms with Crippen LogP contribution in [0.1, 0.15) is 5.56 Å². The minimum atomic E-state index is -3.50. The molecule has 1 saturated heterocycles. The summed E-state index contributed by atoms with van der Waals surface area (Å²) in [7, 11) is -6.76. The van der Waals surface area contributed by atoms with Crippen LogP contribution in [0.3, 0.4) is 0 Å². The fraction of sp³-hybridized carbons (Fsp3) is 0.500. The van der Waals surface area contributed by atoms with E-state index in [1.807, 2.05) is 0 Å². The molecule has 1 heterocycles. The van der Waals surface area contributed by atoms with E-state index in [9.17, 15) is 16.8 Å². The van der Waals surface area contributed by atoms with Gasteiger partial charge in [0.1, 0.15) is 0 Å². The Labute approximate surface area is 125 Å². The summed E-state index contributed by atoms with van der Waals surface area (Å²) < 4.78 is 50.2. The second kappa shape index (κ2) is 5.91. The second-order valence-electron chi connectivity index (χ2n) is 5.02. The van der Waals surface area contributed by atoms with Gasteiger partial charge >= 0.3 is 0 Å². The van der Waals surface area contributed by atoms with Crippen LogP contribution < -0.4 is 5.73 Å². The lowest BCUT2D eigenvalue weighted by Crippen LogP contribution is -2.50. The molecule has 0 atom stereocenters. The van der Waals surface area contributed by atoms with Crippen molar-refractivity contribution in [3.8, 4) is 0 Å². The van der Waals surface area contributed by atoms with E-state index in [1.54, 1.807) is 24.3 Å². The number of sulfonamides is 2. The predicted octanol–water partition coefficient (Wildman–Crippen LogP) is -0.324. The molecule has 2 rings (SSSR count). The molecule has 0 aliphatic carbocycles. The van der Waals surface area contributed by atoms with Gasteiger partial charge in [-0.3, -0.25) is 0 Å². The summed E-state index contributed by atoms with van der Waals surface area (Å²) >= 11 is 0. The summed E-state index contributed by atoms with van der Waals surface area (Å²) in [5.41, 5.74) is 6.76. The van der Waals surface area contributed by atoms with Crippen molar-refractivity contribution in [3.63, 3.8) is 0 Å². The Balaban J connectivity index is 2.07. The largest absolute Gasteiger partial charge is 0.398 e. The molecule has 9 heteroatoms. The highest BCUT2D eigenvalue weighted by atomic mass is 32.2. The maximum atomic E-state index is 12.4. The van der Waals surface area contributed by atoms with Crippen molar-refractivity contribution < 1.29 is 16.8 Å². The van der Waals surface area contributed by atoms with Gasteiger partial charge in [0.25, 0.3) is 0 Å². The molecule has 21 heavy (non-hydrogen) atoms. The third kappa shape index (κ3) is 3.94. The van der Waals surface area contributed by atoms with Crippen molar-refractivity contribution in [1.29, 1.82) is 0 Å². The van der Waals surface area contributed by atoms with Crippen molar-refractivity contribution in [1.82, 2.24) is 8.61 Å². The van der Waals surface area contributed by atoms with Gasteiger partial charge in [0.2, 0.25) is 20.0 Å². The fourth-order valence-corrected chi connectivity index (χ4v) is 4.62. The number of benzene rings is 1. The maximum absolute atomic E-state index is 12.4. The van der Waals surface area contributed by atoms with Crippen LogP contribution in [0.4, 0.5) is 5.69 Å². The number of hydrogen-bond acceptors (Lipinski definition) is 5. The van der Waals surface area contributed by atoms with Gasteiger partial charge in [-0.2, -0.15) is 8.61 Å². The molecule has 0 saturated carbocycles. The minimum Gasteiger partial charge on any atom is -0.398 e. The summed E-state index contributed by atoms with van der Waals surface area (Å²) in [6.07, 6.45) is 1.13. The number of nitrogens with two attached hydrogens (primary N) is 1. The average molecular weight is 333 g/mol. The summed E-state index contributed by atoms with van der Waals surface area (Å²) in [5.74, 6) is -0.168. The molecule has 1 aliphatic heterocycles. The van der Waals surface area contributed by atoms with E-state index in [0.717, 1.165) is 6.26 Å². The number of rotatable bonds is 4. The van der Waals surface area contributed by atoms with Gasteiger partial charge < -0.3 is 5.73 Å². The quantitative estimate of drug-likeness (QED) is 0.761. The number of hydrogen-bond donors (Lipinski definition) is 1. The molecule has 1 aromatic carbocycles. The molecule has 0 amide bonds. The smallest absolute Gasteiger partial charge is 0.218 e. The fourth-order valence-electron chi connectivity index (χ4n) is 2.23. The summed E-state index contributed by atoms with van der Waals surface area (Å²) in [6.45, 7) is 0.703. The first-order valence-corrected chi connectivity index (χ1v) is 9.92. The highest BCUT2D eigenvalue weighted by molar-refractivity contribution is 7.88. The molecule has 118 valence electrons. The maximum Gasteiger partial charge on any atom is 0.218 e. The lowest BCUT2D eigenvalue weighted by molar-refractivity contribution is 0.274. The summed E-state index contributed by atoms with van der Waals surface area (Å²) in [5, 5.41) is 0. The van der Waals surface area contributed by atoms with Gasteiger partial charge in [0.05, 0.1) is 12.0 Å². The molecule has 1 fully saturated rings. The van der Waals surface area contributed by atoms with Crippen LogP contribution in [-0.4, -0.2) is 57.9 Å². The van der Waals surface area contributed by atoms with Gasteiger partial charge in [0.15, 0.2) is 0 Å². The molecule has 0 aromatic heterocycles. The molecule has 2 N–H and O–H groups in total. The number of nitrogens with zero attached hydrogens (tertiary/aromatic N) is 2. The Morgan fingerprint density at radius 1 is 1.00 bits per heavy atom. The van der Waals surface area contributed by atoms with Crippen LogP contribution in [0.5, 0.6) is 0 Å². The Morgan fingerprint density at radius 3 is 2.05 bits per heavy atom. The summed E-state index contributed by atoms with van der Waals surface area (Å²) in [4.78, 5) is 0. The molecular formula is C12H19N3O4S2. The second-order valence-corrected chi connectivity index (χ2v) is 8.97. The zero-order valence-electron chi connectivity index (χ0n) is 11.8. The van der Waals surface area contributed by atoms with Gasteiger partial charge in [-0.25, -0.2) is 16.8 Å². The molecule has 1 aliphatic rings. The summed E-state index contributed by atoms with van der Waals surface area (Å²) in [6, 6.07) is 6.82. The Morgan fingerprint density at radius 2 is 1.52 bits per heavy atom. The van der Waals surface area contributed by atoms with E-state index >= 15 is 0 Å². The first kappa shape index (κ1) is 16.2. The van der Waals surface area contributed by atoms with Gasteiger partial charge in [-0.1, -0.05) is 18.2 Å². The van der Waals surface area contributed by atoms with Crippen molar-refractivity contribution in [2.24, 2.45) is 0 Å². The highest BCUT2D eigenvalue weighted by Crippen LogP contribution is 2.18. The van der Waals surface area contributed by atoms with Crippen molar-refractivity contribution in [2.45, 2.75) is 5.75 Å². The van der Waals surface area contributed by atoms with Crippen LogP contribution >= 0.6 is 0 Å². The lowest BCUT2D eigenvalue weighted by atomic mass is 10.2.